The van der Waals surface area contributed by atoms with Gasteiger partial charge in [0.2, 0.25) is 0 Å². The van der Waals surface area contributed by atoms with E-state index in [0.717, 1.165) is 25.0 Å². The average Bonchev–Trinajstić information content (AvgIpc) is 3.31. The van der Waals surface area contributed by atoms with E-state index in [0.29, 0.717) is 25.2 Å². The summed E-state index contributed by atoms with van der Waals surface area (Å²) in [5, 5.41) is 11.8. The number of aromatic nitrogens is 1. The van der Waals surface area contributed by atoms with Crippen molar-refractivity contribution in [3.05, 3.63) is 70.9 Å². The molecular formula is C26H24F3N7O. The summed E-state index contributed by atoms with van der Waals surface area (Å²) in [6.45, 7) is 3.47. The number of allylic oxidation sites excluding steroid dienone is 1. The van der Waals surface area contributed by atoms with Crippen LogP contribution in [0.1, 0.15) is 27.0 Å². The number of hydrogen-bond acceptors (Lipinski definition) is 7. The molecule has 37 heavy (non-hydrogen) atoms. The quantitative estimate of drug-likeness (QED) is 0.622. The van der Waals surface area contributed by atoms with Crippen LogP contribution in [0.4, 0.5) is 19.0 Å². The number of fused-ring (bicyclic) bond motifs is 1. The first-order chi connectivity index (χ1) is 17.9. The molecule has 1 unspecified atom stereocenters. The average molecular weight is 508 g/mol. The minimum Gasteiger partial charge on any atom is -0.314 e. The molecule has 1 atom stereocenters. The van der Waals surface area contributed by atoms with E-state index in [1.807, 2.05) is 11.0 Å². The highest BCUT2D eigenvalue weighted by molar-refractivity contribution is 6.04. The van der Waals surface area contributed by atoms with Crippen LogP contribution in [-0.4, -0.2) is 71.6 Å². The van der Waals surface area contributed by atoms with Gasteiger partial charge >= 0.3 is 6.18 Å². The number of carbonyl (C=O) groups excluding carboxylic acids is 1. The Morgan fingerprint density at radius 1 is 1.19 bits per heavy atom. The summed E-state index contributed by atoms with van der Waals surface area (Å²) in [7, 11) is 0. The molecule has 2 N–H and O–H groups in total. The number of amides is 1. The lowest BCUT2D eigenvalue weighted by atomic mass is 10.0. The summed E-state index contributed by atoms with van der Waals surface area (Å²) in [6, 6.07) is 6.75. The van der Waals surface area contributed by atoms with Gasteiger partial charge in [-0.2, -0.15) is 18.3 Å². The number of carbonyl (C=O) groups is 1. The van der Waals surface area contributed by atoms with Gasteiger partial charge in [-0.15, -0.1) is 0 Å². The summed E-state index contributed by atoms with van der Waals surface area (Å²) < 4.78 is 41.5. The van der Waals surface area contributed by atoms with Crippen molar-refractivity contribution in [1.82, 2.24) is 20.2 Å². The van der Waals surface area contributed by atoms with Crippen LogP contribution in [0.25, 0.3) is 0 Å². The number of aliphatic imine (C=N–C) groups is 1. The topological polar surface area (TPSA) is 85.2 Å². The maximum absolute atomic E-state index is 13.8. The molecule has 8 nitrogen and oxygen atoms in total. The van der Waals surface area contributed by atoms with E-state index in [1.54, 1.807) is 29.4 Å². The molecule has 3 aliphatic heterocycles. The third kappa shape index (κ3) is 5.87. The molecule has 1 aromatic carbocycles. The van der Waals surface area contributed by atoms with Crippen molar-refractivity contribution in [1.29, 1.82) is 0 Å². The minimum absolute atomic E-state index is 0.0960. The second kappa shape index (κ2) is 10.5. The Balaban J connectivity index is 1.29. The van der Waals surface area contributed by atoms with Crippen molar-refractivity contribution < 1.29 is 18.0 Å². The normalized spacial score (nSPS) is 19.2. The van der Waals surface area contributed by atoms with Crippen molar-refractivity contribution in [3.63, 3.8) is 0 Å². The zero-order valence-corrected chi connectivity index (χ0v) is 19.8. The van der Waals surface area contributed by atoms with Crippen molar-refractivity contribution in [2.45, 2.75) is 18.8 Å². The van der Waals surface area contributed by atoms with E-state index in [9.17, 15) is 18.0 Å². The van der Waals surface area contributed by atoms with Crippen LogP contribution in [0.5, 0.6) is 0 Å². The first-order valence-corrected chi connectivity index (χ1v) is 11.8. The SMILES string of the molecule is O=C(Nc1cc(C#CC2CN=C3C=CC=NN32)ccn1)c1ccc(CN2CCNCC2)c(C(F)(F)F)c1. The first kappa shape index (κ1) is 24.7. The van der Waals surface area contributed by atoms with Crippen LogP contribution >= 0.6 is 0 Å². The lowest BCUT2D eigenvalue weighted by molar-refractivity contribution is -0.138. The maximum Gasteiger partial charge on any atom is 0.416 e. The molecule has 1 fully saturated rings. The Kier molecular flexibility index (Phi) is 7.03. The Bertz CT molecular complexity index is 1330. The number of nitrogens with zero attached hydrogens (tertiary/aromatic N) is 5. The minimum atomic E-state index is -4.58. The Hall–Kier alpha value is -4.01. The van der Waals surface area contributed by atoms with Crippen LogP contribution < -0.4 is 10.6 Å². The van der Waals surface area contributed by atoms with Gasteiger partial charge in [0.25, 0.3) is 5.91 Å². The van der Waals surface area contributed by atoms with Crippen LogP contribution in [0, 0.1) is 11.8 Å². The predicted molar refractivity (Wildman–Crippen MR) is 134 cm³/mol. The molecule has 1 amide bonds. The molecule has 11 heteroatoms. The number of pyridine rings is 1. The molecule has 4 heterocycles. The third-order valence-electron chi connectivity index (χ3n) is 6.14. The molecule has 0 bridgehead atoms. The molecule has 1 saturated heterocycles. The standard InChI is InChI=1S/C26H24F3N7O/c27-26(28,29)22-15-19(4-5-20(22)17-35-12-10-30-11-13-35)25(37)34-23-14-18(7-9-31-23)3-6-21-16-32-24-2-1-8-33-36(21)24/h1-2,4-5,7-9,14-15,21,30H,10-13,16-17H2,(H,31,34,37). The van der Waals surface area contributed by atoms with Gasteiger partial charge in [0, 0.05) is 56.3 Å². The fourth-order valence-electron chi connectivity index (χ4n) is 4.27. The number of hydrazone groups is 1. The number of alkyl halides is 3. The summed E-state index contributed by atoms with van der Waals surface area (Å²) >= 11 is 0. The number of hydrogen-bond donors (Lipinski definition) is 2. The van der Waals surface area contributed by atoms with Crippen LogP contribution in [0.3, 0.4) is 0 Å². The largest absolute Gasteiger partial charge is 0.416 e. The number of halogens is 3. The third-order valence-corrected chi connectivity index (χ3v) is 6.14. The van der Waals surface area contributed by atoms with E-state index < -0.39 is 17.6 Å². The molecule has 3 aliphatic rings. The summed E-state index contributed by atoms with van der Waals surface area (Å²) in [5.41, 5.74) is -0.160. The molecule has 0 aliphatic carbocycles. The van der Waals surface area contributed by atoms with Gasteiger partial charge in [0.05, 0.1) is 12.1 Å². The highest BCUT2D eigenvalue weighted by Gasteiger charge is 2.34. The van der Waals surface area contributed by atoms with Crippen molar-refractivity contribution in [3.8, 4) is 11.8 Å². The van der Waals surface area contributed by atoms with Gasteiger partial charge in [0.15, 0.2) is 0 Å². The Morgan fingerprint density at radius 3 is 2.84 bits per heavy atom. The van der Waals surface area contributed by atoms with Gasteiger partial charge in [-0.25, -0.2) is 9.99 Å². The second-order valence-corrected chi connectivity index (χ2v) is 8.73. The predicted octanol–water partition coefficient (Wildman–Crippen LogP) is 2.75. The van der Waals surface area contributed by atoms with Crippen molar-refractivity contribution in [2.75, 3.05) is 38.0 Å². The second-order valence-electron chi connectivity index (χ2n) is 8.73. The number of rotatable bonds is 4. The maximum atomic E-state index is 13.8. The van der Waals surface area contributed by atoms with Gasteiger partial charge < -0.3 is 10.6 Å². The van der Waals surface area contributed by atoms with E-state index >= 15 is 0 Å². The van der Waals surface area contributed by atoms with Gasteiger partial charge in [-0.05, 0) is 42.0 Å². The Labute approximate surface area is 212 Å². The van der Waals surface area contributed by atoms with Crippen LogP contribution in [0.2, 0.25) is 0 Å². The Morgan fingerprint density at radius 2 is 2.03 bits per heavy atom. The first-order valence-electron chi connectivity index (χ1n) is 11.8. The van der Waals surface area contributed by atoms with Crippen molar-refractivity contribution in [2.24, 2.45) is 10.1 Å². The fourth-order valence-corrected chi connectivity index (χ4v) is 4.27. The van der Waals surface area contributed by atoms with E-state index in [1.165, 1.54) is 18.3 Å². The number of anilines is 1. The molecule has 0 spiro atoms. The van der Waals surface area contributed by atoms with Crippen molar-refractivity contribution >= 4 is 23.8 Å². The van der Waals surface area contributed by atoms with E-state index in [4.69, 9.17) is 0 Å². The molecule has 5 rings (SSSR count). The number of amidine groups is 1. The zero-order valence-electron chi connectivity index (χ0n) is 19.8. The molecular weight excluding hydrogens is 483 g/mol. The number of nitrogens with one attached hydrogen (secondary N) is 2. The molecule has 0 radical (unpaired) electrons. The monoisotopic (exact) mass is 507 g/mol. The highest BCUT2D eigenvalue weighted by Crippen LogP contribution is 2.33. The van der Waals surface area contributed by atoms with Crippen LogP contribution in [0.15, 0.2) is 58.8 Å². The van der Waals surface area contributed by atoms with E-state index in [-0.39, 0.29) is 29.5 Å². The molecule has 1 aromatic heterocycles. The summed E-state index contributed by atoms with van der Waals surface area (Å²) in [4.78, 5) is 23.3. The number of piperazine rings is 1. The molecule has 2 aromatic rings. The highest BCUT2D eigenvalue weighted by atomic mass is 19.4. The van der Waals surface area contributed by atoms with E-state index in [2.05, 4.69) is 37.6 Å². The zero-order chi connectivity index (χ0) is 25.8. The van der Waals surface area contributed by atoms with Crippen LogP contribution in [-0.2, 0) is 12.7 Å². The van der Waals surface area contributed by atoms with Gasteiger partial charge in [-0.3, -0.25) is 14.7 Å². The fraction of sp³-hybridized carbons (Fsp3) is 0.308. The molecule has 190 valence electrons. The lowest BCUT2D eigenvalue weighted by Gasteiger charge is -2.28. The summed E-state index contributed by atoms with van der Waals surface area (Å²) in [6.07, 6.45) is 2.24. The number of benzene rings is 1. The van der Waals surface area contributed by atoms with Gasteiger partial charge in [0.1, 0.15) is 17.7 Å². The summed E-state index contributed by atoms with van der Waals surface area (Å²) in [5.74, 6) is 6.41. The van der Waals surface area contributed by atoms with Gasteiger partial charge in [-0.1, -0.05) is 17.9 Å². The molecule has 0 saturated carbocycles. The lowest BCUT2D eigenvalue weighted by Crippen LogP contribution is -2.43. The smallest absolute Gasteiger partial charge is 0.314 e.